The molecule has 0 saturated carbocycles. The largest absolute Gasteiger partial charge is 0.349 e. The van der Waals surface area contributed by atoms with Gasteiger partial charge in [-0.15, -0.1) is 11.3 Å². The van der Waals surface area contributed by atoms with E-state index in [1.54, 1.807) is 19.0 Å². The van der Waals surface area contributed by atoms with Gasteiger partial charge < -0.3 is 9.80 Å². The van der Waals surface area contributed by atoms with Crippen LogP contribution in [0.5, 0.6) is 0 Å². The number of amides is 2. The molecule has 0 bridgehead atoms. The van der Waals surface area contributed by atoms with Crippen molar-refractivity contribution in [1.29, 1.82) is 0 Å². The molecule has 110 valence electrons. The summed E-state index contributed by atoms with van der Waals surface area (Å²) in [6.07, 6.45) is 1.50. The van der Waals surface area contributed by atoms with Crippen molar-refractivity contribution in [2.45, 2.75) is 26.7 Å². The molecule has 1 aromatic heterocycles. The molecule has 20 heavy (non-hydrogen) atoms. The third kappa shape index (κ3) is 3.00. The summed E-state index contributed by atoms with van der Waals surface area (Å²) in [7, 11) is 3.56. The lowest BCUT2D eigenvalue weighted by atomic mass is 9.95. The van der Waals surface area contributed by atoms with E-state index < -0.39 is 0 Å². The van der Waals surface area contributed by atoms with Crippen LogP contribution in [0, 0.1) is 19.8 Å². The van der Waals surface area contributed by atoms with Crippen molar-refractivity contribution in [2.75, 3.05) is 27.2 Å². The van der Waals surface area contributed by atoms with E-state index in [9.17, 15) is 9.59 Å². The van der Waals surface area contributed by atoms with Crippen LogP contribution in [0.3, 0.4) is 0 Å². The van der Waals surface area contributed by atoms with Crippen LogP contribution >= 0.6 is 11.3 Å². The van der Waals surface area contributed by atoms with Crippen molar-refractivity contribution in [1.82, 2.24) is 14.8 Å². The zero-order valence-corrected chi connectivity index (χ0v) is 13.3. The number of piperidine rings is 1. The van der Waals surface area contributed by atoms with E-state index in [2.05, 4.69) is 4.98 Å². The molecular formula is C14H21N3O2S. The first-order chi connectivity index (χ1) is 9.40. The lowest BCUT2D eigenvalue weighted by molar-refractivity contribution is -0.134. The second kappa shape index (κ2) is 5.91. The molecule has 0 spiro atoms. The number of nitrogens with zero attached hydrogens (tertiary/aromatic N) is 3. The Morgan fingerprint density at radius 3 is 2.30 bits per heavy atom. The maximum absolute atomic E-state index is 12.4. The standard InChI is InChI=1S/C14H21N3O2S/c1-9-12(20-10(2)15-9)14(19)17-7-5-11(6-8-17)13(18)16(3)4/h11H,5-8H2,1-4H3. The number of likely N-dealkylation sites (tertiary alicyclic amines) is 1. The second-order valence-corrected chi connectivity index (χ2v) is 6.65. The number of aromatic nitrogens is 1. The van der Waals surface area contributed by atoms with Crippen molar-refractivity contribution >= 4 is 23.2 Å². The van der Waals surface area contributed by atoms with Gasteiger partial charge in [-0.25, -0.2) is 4.98 Å². The Morgan fingerprint density at radius 1 is 1.25 bits per heavy atom. The molecule has 1 fully saturated rings. The van der Waals surface area contributed by atoms with Gasteiger partial charge in [-0.3, -0.25) is 9.59 Å². The lowest BCUT2D eigenvalue weighted by Gasteiger charge is -2.32. The Kier molecular flexibility index (Phi) is 4.42. The Balaban J connectivity index is 1.99. The number of rotatable bonds is 2. The summed E-state index contributed by atoms with van der Waals surface area (Å²) in [6.45, 7) is 5.09. The minimum absolute atomic E-state index is 0.0540. The Labute approximate surface area is 123 Å². The van der Waals surface area contributed by atoms with E-state index in [0.717, 1.165) is 28.4 Å². The Bertz CT molecular complexity index is 516. The third-order valence-electron chi connectivity index (χ3n) is 3.67. The molecule has 1 aromatic rings. The van der Waals surface area contributed by atoms with E-state index in [1.807, 2.05) is 18.7 Å². The van der Waals surface area contributed by atoms with Gasteiger partial charge >= 0.3 is 0 Å². The van der Waals surface area contributed by atoms with Crippen LogP contribution in [0.1, 0.15) is 33.2 Å². The van der Waals surface area contributed by atoms with Crippen molar-refractivity contribution in [2.24, 2.45) is 5.92 Å². The van der Waals surface area contributed by atoms with Gasteiger partial charge in [0.1, 0.15) is 4.88 Å². The molecule has 0 aliphatic carbocycles. The van der Waals surface area contributed by atoms with Crippen LogP contribution in [-0.4, -0.2) is 53.8 Å². The zero-order valence-electron chi connectivity index (χ0n) is 12.5. The molecule has 0 unspecified atom stereocenters. The quantitative estimate of drug-likeness (QED) is 0.834. The van der Waals surface area contributed by atoms with Crippen molar-refractivity contribution in [3.8, 4) is 0 Å². The van der Waals surface area contributed by atoms with Gasteiger partial charge in [0.15, 0.2) is 0 Å². The number of hydrogen-bond donors (Lipinski definition) is 0. The summed E-state index contributed by atoms with van der Waals surface area (Å²) >= 11 is 1.45. The van der Waals surface area contributed by atoms with Gasteiger partial charge in [0.25, 0.3) is 5.91 Å². The summed E-state index contributed by atoms with van der Waals surface area (Å²) in [5.74, 6) is 0.282. The van der Waals surface area contributed by atoms with Gasteiger partial charge in [-0.2, -0.15) is 0 Å². The first-order valence-electron chi connectivity index (χ1n) is 6.84. The molecule has 2 rings (SSSR count). The number of carbonyl (C=O) groups is 2. The molecule has 1 saturated heterocycles. The predicted molar refractivity (Wildman–Crippen MR) is 78.9 cm³/mol. The highest BCUT2D eigenvalue weighted by Crippen LogP contribution is 2.24. The average Bonchev–Trinajstić information content (AvgIpc) is 2.76. The summed E-state index contributed by atoms with van der Waals surface area (Å²) < 4.78 is 0. The minimum atomic E-state index is 0.0540. The van der Waals surface area contributed by atoms with Gasteiger partial charge in [-0.1, -0.05) is 0 Å². The van der Waals surface area contributed by atoms with Crippen LogP contribution in [0.25, 0.3) is 0 Å². The molecule has 2 heterocycles. The number of thiazole rings is 1. The first kappa shape index (κ1) is 15.0. The van der Waals surface area contributed by atoms with Crippen LogP contribution in [0.15, 0.2) is 0 Å². The molecule has 1 aliphatic rings. The molecule has 0 radical (unpaired) electrons. The SMILES string of the molecule is Cc1nc(C)c(C(=O)N2CCC(C(=O)N(C)C)CC2)s1. The topological polar surface area (TPSA) is 53.5 Å². The molecule has 0 N–H and O–H groups in total. The van der Waals surface area contributed by atoms with Crippen LogP contribution in [0.4, 0.5) is 0 Å². The normalized spacial score (nSPS) is 16.3. The van der Waals surface area contributed by atoms with E-state index >= 15 is 0 Å². The Hall–Kier alpha value is -1.43. The average molecular weight is 295 g/mol. The molecule has 1 aliphatic heterocycles. The highest BCUT2D eigenvalue weighted by atomic mass is 32.1. The summed E-state index contributed by atoms with van der Waals surface area (Å²) in [6, 6.07) is 0. The number of carbonyl (C=O) groups excluding carboxylic acids is 2. The van der Waals surface area contributed by atoms with Crippen LogP contribution in [0.2, 0.25) is 0 Å². The van der Waals surface area contributed by atoms with E-state index in [1.165, 1.54) is 11.3 Å². The summed E-state index contributed by atoms with van der Waals surface area (Å²) in [4.78, 5) is 32.9. The highest BCUT2D eigenvalue weighted by Gasteiger charge is 2.29. The fourth-order valence-corrected chi connectivity index (χ4v) is 3.46. The summed E-state index contributed by atoms with van der Waals surface area (Å²) in [5.41, 5.74) is 0.809. The van der Waals surface area contributed by atoms with Gasteiger partial charge in [0, 0.05) is 33.1 Å². The lowest BCUT2D eigenvalue weighted by Crippen LogP contribution is -2.42. The zero-order chi connectivity index (χ0) is 14.9. The van der Waals surface area contributed by atoms with Crippen molar-refractivity contribution in [3.63, 3.8) is 0 Å². The summed E-state index contributed by atoms with van der Waals surface area (Å²) in [5, 5.41) is 0.920. The molecule has 2 amide bonds. The third-order valence-corrected chi connectivity index (χ3v) is 4.73. The Morgan fingerprint density at radius 2 is 1.85 bits per heavy atom. The fraction of sp³-hybridized carbons (Fsp3) is 0.643. The van der Waals surface area contributed by atoms with E-state index in [4.69, 9.17) is 0 Å². The maximum Gasteiger partial charge on any atom is 0.265 e. The smallest absolute Gasteiger partial charge is 0.265 e. The monoisotopic (exact) mass is 295 g/mol. The van der Waals surface area contributed by atoms with E-state index in [-0.39, 0.29) is 17.7 Å². The molecule has 0 atom stereocenters. The van der Waals surface area contributed by atoms with Crippen LogP contribution < -0.4 is 0 Å². The fourth-order valence-electron chi connectivity index (χ4n) is 2.57. The van der Waals surface area contributed by atoms with E-state index in [0.29, 0.717) is 13.1 Å². The minimum Gasteiger partial charge on any atom is -0.349 e. The number of hydrogen-bond acceptors (Lipinski definition) is 4. The number of aryl methyl sites for hydroxylation is 2. The molecular weight excluding hydrogens is 274 g/mol. The molecule has 5 nitrogen and oxygen atoms in total. The molecule has 6 heteroatoms. The predicted octanol–water partition coefficient (Wildman–Crippen LogP) is 1.70. The maximum atomic E-state index is 12.4. The van der Waals surface area contributed by atoms with Gasteiger partial charge in [0.05, 0.1) is 10.7 Å². The van der Waals surface area contributed by atoms with Gasteiger partial charge in [-0.05, 0) is 26.7 Å². The first-order valence-corrected chi connectivity index (χ1v) is 7.66. The van der Waals surface area contributed by atoms with Crippen molar-refractivity contribution in [3.05, 3.63) is 15.6 Å². The van der Waals surface area contributed by atoms with Crippen molar-refractivity contribution < 1.29 is 9.59 Å². The second-order valence-electron chi connectivity index (χ2n) is 5.45. The van der Waals surface area contributed by atoms with Gasteiger partial charge in [0.2, 0.25) is 5.91 Å². The molecule has 0 aromatic carbocycles. The highest BCUT2D eigenvalue weighted by molar-refractivity contribution is 7.13. The van der Waals surface area contributed by atoms with Crippen LogP contribution in [-0.2, 0) is 4.79 Å².